The molecule has 0 radical (unpaired) electrons. The third kappa shape index (κ3) is 6.17. The zero-order valence-electron chi connectivity index (χ0n) is 25.7. The quantitative estimate of drug-likeness (QED) is 0.185. The molecule has 5 aromatic carbocycles. The van der Waals surface area contributed by atoms with Crippen LogP contribution in [-0.4, -0.2) is 15.0 Å². The van der Waals surface area contributed by atoms with Crippen molar-refractivity contribution in [1.29, 1.82) is 0 Å². The van der Waals surface area contributed by atoms with Crippen molar-refractivity contribution in [2.24, 2.45) is 0 Å². The smallest absolute Gasteiger partial charge is 0.164 e. The van der Waals surface area contributed by atoms with Gasteiger partial charge in [-0.05, 0) is 45.9 Å². The Bertz CT molecular complexity index is 2070. The minimum absolute atomic E-state index is 0.228. The summed E-state index contributed by atoms with van der Waals surface area (Å²) in [5.74, 6) is 2.18. The molecule has 1 aliphatic carbocycles. The summed E-state index contributed by atoms with van der Waals surface area (Å²) in [6.45, 7) is 5.98. The molecule has 0 amide bonds. The maximum Gasteiger partial charge on any atom is 0.164 e. The van der Waals surface area contributed by atoms with E-state index in [4.69, 9.17) is 15.0 Å². The van der Waals surface area contributed by atoms with E-state index < -0.39 is 0 Å². The number of aromatic nitrogens is 3. The summed E-state index contributed by atoms with van der Waals surface area (Å²) in [4.78, 5) is 15.1. The van der Waals surface area contributed by atoms with Gasteiger partial charge in [-0.2, -0.15) is 0 Å². The molecular weight excluding hydrogens is 558 g/mol. The van der Waals surface area contributed by atoms with Crippen molar-refractivity contribution in [2.45, 2.75) is 12.8 Å². The Morgan fingerprint density at radius 1 is 0.500 bits per heavy atom. The number of nitrogens with zero attached hydrogens (tertiary/aromatic N) is 3. The highest BCUT2D eigenvalue weighted by Crippen LogP contribution is 2.31. The predicted molar refractivity (Wildman–Crippen MR) is 192 cm³/mol. The van der Waals surface area contributed by atoms with Gasteiger partial charge in [0.2, 0.25) is 0 Å². The van der Waals surface area contributed by atoms with Gasteiger partial charge in [-0.25, -0.2) is 15.0 Å². The number of hydrogen-bond acceptors (Lipinski definition) is 3. The molecule has 1 aliphatic rings. The molecule has 46 heavy (non-hydrogen) atoms. The molecule has 0 saturated carbocycles. The van der Waals surface area contributed by atoms with Crippen LogP contribution in [0.2, 0.25) is 0 Å². The molecule has 1 heterocycles. The first-order chi connectivity index (χ1) is 22.6. The number of benzene rings is 5. The number of aryl methyl sites for hydroxylation is 1. The average Bonchev–Trinajstić information content (AvgIpc) is 3.42. The predicted octanol–water partition coefficient (Wildman–Crippen LogP) is 10.9. The van der Waals surface area contributed by atoms with Crippen LogP contribution < -0.4 is 0 Å². The lowest BCUT2D eigenvalue weighted by molar-refractivity contribution is 1.06. The van der Waals surface area contributed by atoms with E-state index in [2.05, 4.69) is 165 Å². The maximum atomic E-state index is 5.03. The topological polar surface area (TPSA) is 38.7 Å². The molecule has 7 rings (SSSR count). The van der Waals surface area contributed by atoms with Crippen LogP contribution in [0.4, 0.5) is 0 Å². The summed E-state index contributed by atoms with van der Waals surface area (Å²) in [7, 11) is 0. The molecular formula is C43H33N3. The molecule has 0 bridgehead atoms. The van der Waals surface area contributed by atoms with Gasteiger partial charge < -0.3 is 0 Å². The van der Waals surface area contributed by atoms with E-state index in [0.29, 0.717) is 17.5 Å². The Morgan fingerprint density at radius 3 is 1.59 bits per heavy atom. The molecule has 3 heteroatoms. The van der Waals surface area contributed by atoms with E-state index in [1.54, 1.807) is 0 Å². The number of rotatable bonds is 7. The van der Waals surface area contributed by atoms with Crippen LogP contribution in [0.25, 0.3) is 62.5 Å². The summed E-state index contributed by atoms with van der Waals surface area (Å²) < 4.78 is 0. The molecule has 0 saturated heterocycles. The minimum atomic E-state index is 0.228. The van der Waals surface area contributed by atoms with Gasteiger partial charge in [0.1, 0.15) is 0 Å². The molecule has 0 N–H and O–H groups in total. The fourth-order valence-electron chi connectivity index (χ4n) is 5.74. The van der Waals surface area contributed by atoms with Gasteiger partial charge >= 0.3 is 0 Å². The molecule has 0 unspecified atom stereocenters. The normalized spacial score (nSPS) is 12.6. The Kier molecular flexibility index (Phi) is 8.13. The van der Waals surface area contributed by atoms with E-state index in [-0.39, 0.29) is 5.92 Å². The summed E-state index contributed by atoms with van der Waals surface area (Å²) in [6, 6.07) is 42.3. The van der Waals surface area contributed by atoms with Gasteiger partial charge in [-0.3, -0.25) is 0 Å². The lowest BCUT2D eigenvalue weighted by Gasteiger charge is -2.13. The Morgan fingerprint density at radius 2 is 1.00 bits per heavy atom. The summed E-state index contributed by atoms with van der Waals surface area (Å²) >= 11 is 0. The van der Waals surface area contributed by atoms with Crippen LogP contribution in [0.1, 0.15) is 22.6 Å². The Labute approximate surface area is 270 Å². The zero-order valence-corrected chi connectivity index (χ0v) is 25.7. The van der Waals surface area contributed by atoms with Crippen molar-refractivity contribution in [2.75, 3.05) is 0 Å². The van der Waals surface area contributed by atoms with Crippen LogP contribution in [0, 0.1) is 6.92 Å². The van der Waals surface area contributed by atoms with Gasteiger partial charge in [0.15, 0.2) is 17.5 Å². The van der Waals surface area contributed by atoms with Gasteiger partial charge in [0, 0.05) is 22.6 Å². The largest absolute Gasteiger partial charge is 0.208 e. The fourth-order valence-corrected chi connectivity index (χ4v) is 5.74. The molecule has 0 atom stereocenters. The number of hydrogen-bond donors (Lipinski definition) is 0. The highest BCUT2D eigenvalue weighted by atomic mass is 15.0. The number of allylic oxidation sites excluding steroid dienone is 6. The Balaban J connectivity index is 1.28. The van der Waals surface area contributed by atoms with Crippen LogP contribution in [0.3, 0.4) is 0 Å². The van der Waals surface area contributed by atoms with E-state index in [9.17, 15) is 0 Å². The van der Waals surface area contributed by atoms with Crippen LogP contribution in [-0.2, 0) is 0 Å². The van der Waals surface area contributed by atoms with Crippen molar-refractivity contribution >= 4 is 6.08 Å². The van der Waals surface area contributed by atoms with Crippen molar-refractivity contribution in [3.63, 3.8) is 0 Å². The highest BCUT2D eigenvalue weighted by Gasteiger charge is 2.15. The third-order valence-electron chi connectivity index (χ3n) is 8.36. The van der Waals surface area contributed by atoms with Crippen LogP contribution in [0.5, 0.6) is 0 Å². The summed E-state index contributed by atoms with van der Waals surface area (Å²) in [5.41, 5.74) is 10.9. The molecule has 0 spiro atoms. The average molecular weight is 592 g/mol. The first-order valence-electron chi connectivity index (χ1n) is 15.5. The monoisotopic (exact) mass is 591 g/mol. The molecule has 0 aliphatic heterocycles. The molecule has 1 aromatic heterocycles. The second kappa shape index (κ2) is 13.0. The van der Waals surface area contributed by atoms with Crippen molar-refractivity contribution in [3.05, 3.63) is 181 Å². The highest BCUT2D eigenvalue weighted by molar-refractivity contribution is 5.74. The molecule has 220 valence electrons. The van der Waals surface area contributed by atoms with E-state index in [1.807, 2.05) is 12.1 Å². The second-order valence-electron chi connectivity index (χ2n) is 11.4. The fraction of sp³-hybridized carbons (Fsp3) is 0.0465. The maximum absolute atomic E-state index is 5.03. The molecule has 6 aromatic rings. The van der Waals surface area contributed by atoms with Gasteiger partial charge in [-0.1, -0.05) is 170 Å². The van der Waals surface area contributed by atoms with E-state index in [1.165, 1.54) is 16.7 Å². The SMILES string of the molecule is C=Cc1ccc(-c2ccc(-c3nc(-c4ccc(C5C=CC=CC=C5)cc4)nc(-c4ccc(-c5ccccc5)cc4C)n3)cc2)cc1. The van der Waals surface area contributed by atoms with Gasteiger partial charge in [0.25, 0.3) is 0 Å². The van der Waals surface area contributed by atoms with Gasteiger partial charge in [0.05, 0.1) is 0 Å². The van der Waals surface area contributed by atoms with Crippen molar-refractivity contribution < 1.29 is 0 Å². The summed E-state index contributed by atoms with van der Waals surface area (Å²) in [6.07, 6.45) is 14.6. The molecule has 0 fully saturated rings. The Hall–Kier alpha value is -5.93. The van der Waals surface area contributed by atoms with Crippen molar-refractivity contribution in [1.82, 2.24) is 15.0 Å². The molecule has 3 nitrogen and oxygen atoms in total. The van der Waals surface area contributed by atoms with E-state index in [0.717, 1.165) is 38.9 Å². The second-order valence-corrected chi connectivity index (χ2v) is 11.4. The summed E-state index contributed by atoms with van der Waals surface area (Å²) in [5, 5.41) is 0. The minimum Gasteiger partial charge on any atom is -0.208 e. The lowest BCUT2D eigenvalue weighted by Crippen LogP contribution is -2.01. The van der Waals surface area contributed by atoms with Gasteiger partial charge in [-0.15, -0.1) is 0 Å². The first-order valence-corrected chi connectivity index (χ1v) is 15.5. The first kappa shape index (κ1) is 28.8. The van der Waals surface area contributed by atoms with E-state index >= 15 is 0 Å². The van der Waals surface area contributed by atoms with Crippen molar-refractivity contribution in [3.8, 4) is 56.4 Å². The standard InChI is InChI=1S/C43H33N3/c1-3-31-15-17-34(18-16-31)36-21-25-38(26-22-36)42-44-41(37-23-19-35(20-24-37)32-11-7-4-5-8-12-32)45-43(46-42)40-28-27-39(29-30(40)2)33-13-9-6-10-14-33/h3-29,32H,1H2,2H3. The van der Waals surface area contributed by atoms with Crippen LogP contribution in [0.15, 0.2) is 164 Å². The zero-order chi connectivity index (χ0) is 31.3. The lowest BCUT2D eigenvalue weighted by atomic mass is 9.97. The van der Waals surface area contributed by atoms with Crippen LogP contribution >= 0.6 is 0 Å². The third-order valence-corrected chi connectivity index (χ3v) is 8.36.